The first kappa shape index (κ1) is 19.8. The molecular formula is C20H18N2O4S2. The highest BCUT2D eigenvalue weighted by molar-refractivity contribution is 7.92. The van der Waals surface area contributed by atoms with Gasteiger partial charge in [0, 0.05) is 27.5 Å². The summed E-state index contributed by atoms with van der Waals surface area (Å²) in [4.78, 5) is 13.3. The molecule has 0 aliphatic heterocycles. The van der Waals surface area contributed by atoms with Crippen molar-refractivity contribution in [2.24, 2.45) is 0 Å². The van der Waals surface area contributed by atoms with E-state index < -0.39 is 26.7 Å². The maximum absolute atomic E-state index is 12.6. The Balaban J connectivity index is 1.82. The second kappa shape index (κ2) is 8.37. The number of sulfonamides is 1. The number of para-hydroxylation sites is 2. The molecule has 3 aromatic carbocycles. The zero-order chi connectivity index (χ0) is 20.1. The lowest BCUT2D eigenvalue weighted by Crippen LogP contribution is -2.17. The van der Waals surface area contributed by atoms with Gasteiger partial charge in [-0.3, -0.25) is 13.7 Å². The Morgan fingerprint density at radius 2 is 1.39 bits per heavy atom. The van der Waals surface area contributed by atoms with Crippen molar-refractivity contribution in [2.45, 2.75) is 9.79 Å². The molecule has 1 atom stereocenters. The molecule has 0 saturated heterocycles. The van der Waals surface area contributed by atoms with E-state index in [2.05, 4.69) is 10.0 Å². The van der Waals surface area contributed by atoms with E-state index >= 15 is 0 Å². The number of hydrogen-bond donors (Lipinski definition) is 2. The Labute approximate surface area is 166 Å². The number of benzene rings is 3. The lowest BCUT2D eigenvalue weighted by Gasteiger charge is -2.13. The third-order valence-corrected chi connectivity index (χ3v) is 6.24. The fourth-order valence-corrected chi connectivity index (χ4v) is 4.10. The zero-order valence-corrected chi connectivity index (χ0v) is 16.6. The van der Waals surface area contributed by atoms with Crippen LogP contribution < -0.4 is 10.0 Å². The molecule has 0 saturated carbocycles. The Hall–Kier alpha value is -2.97. The van der Waals surface area contributed by atoms with Crippen molar-refractivity contribution in [3.8, 4) is 0 Å². The van der Waals surface area contributed by atoms with Gasteiger partial charge in [-0.25, -0.2) is 8.42 Å². The molecule has 1 unspecified atom stereocenters. The van der Waals surface area contributed by atoms with Crippen molar-refractivity contribution >= 4 is 38.1 Å². The minimum Gasteiger partial charge on any atom is -0.320 e. The van der Waals surface area contributed by atoms with Crippen LogP contribution in [0.2, 0.25) is 0 Å². The molecule has 2 N–H and O–H groups in total. The molecule has 0 heterocycles. The molecule has 0 aromatic heterocycles. The second-order valence-electron chi connectivity index (χ2n) is 5.90. The molecule has 0 aliphatic carbocycles. The van der Waals surface area contributed by atoms with Gasteiger partial charge in [0.1, 0.15) is 0 Å². The molecule has 28 heavy (non-hydrogen) atoms. The van der Waals surface area contributed by atoms with Crippen molar-refractivity contribution in [3.63, 3.8) is 0 Å². The van der Waals surface area contributed by atoms with Crippen LogP contribution in [0.5, 0.6) is 0 Å². The van der Waals surface area contributed by atoms with E-state index in [0.717, 1.165) is 0 Å². The molecule has 0 radical (unpaired) electrons. The van der Waals surface area contributed by atoms with Crippen LogP contribution in [0.4, 0.5) is 11.4 Å². The Morgan fingerprint density at radius 1 is 0.821 bits per heavy atom. The molecule has 6 nitrogen and oxygen atoms in total. The van der Waals surface area contributed by atoms with Gasteiger partial charge in [-0.1, -0.05) is 30.3 Å². The van der Waals surface area contributed by atoms with Gasteiger partial charge < -0.3 is 5.32 Å². The second-order valence-corrected chi connectivity index (χ2v) is 8.96. The first-order chi connectivity index (χ1) is 13.4. The molecule has 0 fully saturated rings. The third kappa shape index (κ3) is 4.65. The van der Waals surface area contributed by atoms with Gasteiger partial charge in [-0.15, -0.1) is 0 Å². The maximum Gasteiger partial charge on any atom is 0.261 e. The summed E-state index contributed by atoms with van der Waals surface area (Å²) in [7, 11) is -4.92. The normalized spacial score (nSPS) is 12.2. The minimum atomic E-state index is -3.79. The molecule has 8 heteroatoms. The summed E-state index contributed by atoms with van der Waals surface area (Å²) in [6.07, 6.45) is 1.56. The molecule has 3 rings (SSSR count). The van der Waals surface area contributed by atoms with Gasteiger partial charge in [0.05, 0.1) is 16.3 Å². The summed E-state index contributed by atoms with van der Waals surface area (Å²) in [5, 5.41) is 2.71. The first-order valence-electron chi connectivity index (χ1n) is 8.28. The van der Waals surface area contributed by atoms with Crippen molar-refractivity contribution in [3.05, 3.63) is 84.4 Å². The predicted octanol–water partition coefficient (Wildman–Crippen LogP) is 3.48. The van der Waals surface area contributed by atoms with E-state index in [9.17, 15) is 17.4 Å². The lowest BCUT2D eigenvalue weighted by atomic mass is 10.2. The summed E-state index contributed by atoms with van der Waals surface area (Å²) < 4.78 is 39.1. The molecule has 0 bridgehead atoms. The largest absolute Gasteiger partial charge is 0.320 e. The van der Waals surface area contributed by atoms with Crippen LogP contribution in [-0.2, 0) is 20.8 Å². The number of carbonyl (C=O) groups is 1. The van der Waals surface area contributed by atoms with Gasteiger partial charge in [-0.2, -0.15) is 0 Å². The lowest BCUT2D eigenvalue weighted by molar-refractivity contribution is 0.102. The van der Waals surface area contributed by atoms with Crippen LogP contribution >= 0.6 is 0 Å². The van der Waals surface area contributed by atoms with E-state index in [4.69, 9.17) is 0 Å². The Morgan fingerprint density at radius 3 is 2.00 bits per heavy atom. The van der Waals surface area contributed by atoms with Gasteiger partial charge in [-0.05, 0) is 48.5 Å². The number of amides is 1. The summed E-state index contributed by atoms with van der Waals surface area (Å²) in [6, 6.07) is 20.9. The average molecular weight is 415 g/mol. The van der Waals surface area contributed by atoms with E-state index in [1.807, 2.05) is 0 Å². The highest BCUT2D eigenvalue weighted by Gasteiger charge is 2.16. The fraction of sp³-hybridized carbons (Fsp3) is 0.0500. The average Bonchev–Trinajstić information content (AvgIpc) is 2.70. The number of hydrogen-bond acceptors (Lipinski definition) is 4. The van der Waals surface area contributed by atoms with E-state index in [0.29, 0.717) is 16.1 Å². The monoisotopic (exact) mass is 414 g/mol. The fourth-order valence-electron chi connectivity index (χ4n) is 2.48. The summed E-state index contributed by atoms with van der Waals surface area (Å²) in [5.74, 6) is -0.403. The van der Waals surface area contributed by atoms with Crippen LogP contribution in [0.3, 0.4) is 0 Å². The smallest absolute Gasteiger partial charge is 0.261 e. The van der Waals surface area contributed by atoms with Gasteiger partial charge in [0.15, 0.2) is 0 Å². The summed E-state index contributed by atoms with van der Waals surface area (Å²) in [6.45, 7) is 0. The molecular weight excluding hydrogens is 396 g/mol. The number of carbonyl (C=O) groups excluding carboxylic acids is 1. The number of rotatable bonds is 6. The molecule has 3 aromatic rings. The topological polar surface area (TPSA) is 92.3 Å². The standard InChI is InChI=1S/C20H18N2O4S2/c1-27(24)16-13-11-15(12-14-16)20(23)21-18-9-5-6-10-19(18)22-28(25,26)17-7-3-2-4-8-17/h2-14,22H,1H3,(H,21,23). The Kier molecular flexibility index (Phi) is 5.91. The summed E-state index contributed by atoms with van der Waals surface area (Å²) in [5.41, 5.74) is 0.955. The first-order valence-corrected chi connectivity index (χ1v) is 11.3. The number of nitrogens with one attached hydrogen (secondary N) is 2. The molecule has 144 valence electrons. The van der Waals surface area contributed by atoms with E-state index in [1.165, 1.54) is 12.1 Å². The molecule has 0 aliphatic rings. The molecule has 0 spiro atoms. The van der Waals surface area contributed by atoms with Crippen molar-refractivity contribution in [1.82, 2.24) is 0 Å². The van der Waals surface area contributed by atoms with Gasteiger partial charge in [0.2, 0.25) is 0 Å². The van der Waals surface area contributed by atoms with Crippen LogP contribution in [0, 0.1) is 0 Å². The van der Waals surface area contributed by atoms with Crippen LogP contribution in [0.25, 0.3) is 0 Å². The highest BCUT2D eigenvalue weighted by atomic mass is 32.2. The summed E-state index contributed by atoms with van der Waals surface area (Å²) >= 11 is 0. The third-order valence-electron chi connectivity index (χ3n) is 3.92. The van der Waals surface area contributed by atoms with Gasteiger partial charge in [0.25, 0.3) is 15.9 Å². The van der Waals surface area contributed by atoms with E-state index in [-0.39, 0.29) is 10.6 Å². The van der Waals surface area contributed by atoms with Crippen LogP contribution in [-0.4, -0.2) is 24.8 Å². The van der Waals surface area contributed by atoms with Crippen molar-refractivity contribution < 1.29 is 17.4 Å². The zero-order valence-electron chi connectivity index (χ0n) is 15.0. The highest BCUT2D eigenvalue weighted by Crippen LogP contribution is 2.25. The van der Waals surface area contributed by atoms with E-state index in [1.54, 1.807) is 73.0 Å². The van der Waals surface area contributed by atoms with Gasteiger partial charge >= 0.3 is 0 Å². The van der Waals surface area contributed by atoms with Crippen molar-refractivity contribution in [1.29, 1.82) is 0 Å². The minimum absolute atomic E-state index is 0.124. The van der Waals surface area contributed by atoms with Crippen LogP contribution in [0.1, 0.15) is 10.4 Å². The maximum atomic E-state index is 12.6. The van der Waals surface area contributed by atoms with Crippen LogP contribution in [0.15, 0.2) is 88.7 Å². The predicted molar refractivity (Wildman–Crippen MR) is 110 cm³/mol. The quantitative estimate of drug-likeness (QED) is 0.646. The Bertz CT molecular complexity index is 1110. The van der Waals surface area contributed by atoms with Crippen molar-refractivity contribution in [2.75, 3.05) is 16.3 Å². The number of anilines is 2. The SMILES string of the molecule is CS(=O)c1ccc(C(=O)Nc2ccccc2NS(=O)(=O)c2ccccc2)cc1. The molecule has 1 amide bonds.